The summed E-state index contributed by atoms with van der Waals surface area (Å²) in [6.45, 7) is 5.62. The van der Waals surface area contributed by atoms with E-state index in [1.807, 2.05) is 70.4 Å². The molecular formula is C24H27N5O3. The first-order valence-corrected chi connectivity index (χ1v) is 10.4. The van der Waals surface area contributed by atoms with Gasteiger partial charge >= 0.3 is 0 Å². The van der Waals surface area contributed by atoms with Crippen LogP contribution in [0.25, 0.3) is 10.9 Å². The Bertz CT molecular complexity index is 1200. The second-order valence-corrected chi connectivity index (χ2v) is 7.85. The van der Waals surface area contributed by atoms with Crippen LogP contribution in [-0.4, -0.2) is 47.3 Å². The Kier molecular flexibility index (Phi) is 6.51. The molecule has 4 aromatic rings. The molecule has 0 bridgehead atoms. The molecule has 8 heteroatoms. The van der Waals surface area contributed by atoms with Gasteiger partial charge in [0.2, 0.25) is 0 Å². The van der Waals surface area contributed by atoms with Crippen molar-refractivity contribution in [2.75, 3.05) is 32.6 Å². The van der Waals surface area contributed by atoms with Gasteiger partial charge in [0.05, 0.1) is 10.9 Å². The number of hydrogen-bond donors (Lipinski definition) is 1. The highest BCUT2D eigenvalue weighted by Crippen LogP contribution is 2.32. The Balaban J connectivity index is 1.53. The van der Waals surface area contributed by atoms with Crippen molar-refractivity contribution in [3.8, 4) is 11.5 Å². The van der Waals surface area contributed by atoms with Gasteiger partial charge in [0.25, 0.3) is 0 Å². The summed E-state index contributed by atoms with van der Waals surface area (Å²) < 4.78 is 17.0. The topological polar surface area (TPSA) is 85.5 Å². The van der Waals surface area contributed by atoms with Crippen molar-refractivity contribution >= 4 is 22.4 Å². The average Bonchev–Trinajstić information content (AvgIpc) is 3.18. The van der Waals surface area contributed by atoms with Crippen molar-refractivity contribution in [3.63, 3.8) is 0 Å². The third kappa shape index (κ3) is 5.15. The first-order valence-electron chi connectivity index (χ1n) is 10.4. The molecule has 2 aromatic carbocycles. The highest BCUT2D eigenvalue weighted by molar-refractivity contribution is 5.95. The van der Waals surface area contributed by atoms with Crippen molar-refractivity contribution in [2.45, 2.75) is 20.5 Å². The molecule has 1 N–H and O–H groups in total. The number of aryl methyl sites for hydroxylation is 2. The van der Waals surface area contributed by atoms with Crippen LogP contribution in [0.4, 0.5) is 11.5 Å². The number of nitrogens with one attached hydrogen (secondary N) is 1. The van der Waals surface area contributed by atoms with Crippen LogP contribution in [0.3, 0.4) is 0 Å². The Morgan fingerprint density at radius 3 is 2.62 bits per heavy atom. The van der Waals surface area contributed by atoms with E-state index < -0.39 is 0 Å². The molecule has 0 unspecified atom stereocenters. The van der Waals surface area contributed by atoms with Crippen LogP contribution in [0.15, 0.2) is 53.3 Å². The molecule has 0 saturated heterocycles. The fraction of sp³-hybridized carbons (Fsp3) is 0.292. The number of aromatic nitrogens is 3. The van der Waals surface area contributed by atoms with Crippen LogP contribution < -0.4 is 14.8 Å². The number of rotatable bonds is 9. The molecule has 2 heterocycles. The highest BCUT2D eigenvalue weighted by Gasteiger charge is 2.12. The summed E-state index contributed by atoms with van der Waals surface area (Å²) in [5.74, 6) is 3.01. The number of benzene rings is 2. The van der Waals surface area contributed by atoms with Crippen molar-refractivity contribution in [3.05, 3.63) is 65.8 Å². The standard InChI is InChI=1S/C24H27N5O3/c1-16-12-18(8-9-21(16)31-14-19-13-17(2)32-28-19)27-24-23-20(25-15-26-24)6-5-7-22(23)30-11-10-29(3)4/h5-9,12-13,15H,10-11,14H2,1-4H3,(H,25,26,27). The molecule has 0 saturated carbocycles. The molecule has 0 aliphatic rings. The molecule has 0 atom stereocenters. The normalized spacial score (nSPS) is 11.2. The Morgan fingerprint density at radius 1 is 1.00 bits per heavy atom. The SMILES string of the molecule is Cc1cc(COc2ccc(Nc3ncnc4cccc(OCCN(C)C)c34)cc2C)no1. The predicted octanol–water partition coefficient (Wildman–Crippen LogP) is 4.50. The maximum absolute atomic E-state index is 6.03. The minimum absolute atomic E-state index is 0.356. The lowest BCUT2D eigenvalue weighted by atomic mass is 10.1. The van der Waals surface area contributed by atoms with E-state index >= 15 is 0 Å². The monoisotopic (exact) mass is 433 g/mol. The second-order valence-electron chi connectivity index (χ2n) is 7.85. The van der Waals surface area contributed by atoms with Crippen LogP contribution in [0, 0.1) is 13.8 Å². The minimum Gasteiger partial charge on any atom is -0.491 e. The van der Waals surface area contributed by atoms with Gasteiger partial charge in [0.15, 0.2) is 0 Å². The molecule has 2 aromatic heterocycles. The number of ether oxygens (including phenoxy) is 2. The quantitative estimate of drug-likeness (QED) is 0.413. The van der Waals surface area contributed by atoms with Gasteiger partial charge in [-0.25, -0.2) is 9.97 Å². The van der Waals surface area contributed by atoms with E-state index in [2.05, 4.69) is 25.3 Å². The fourth-order valence-electron chi connectivity index (χ4n) is 3.30. The molecule has 0 radical (unpaired) electrons. The number of nitrogens with zero attached hydrogens (tertiary/aromatic N) is 4. The number of fused-ring (bicyclic) bond motifs is 1. The van der Waals surface area contributed by atoms with E-state index in [1.165, 1.54) is 0 Å². The zero-order valence-electron chi connectivity index (χ0n) is 18.8. The summed E-state index contributed by atoms with van der Waals surface area (Å²) in [5, 5.41) is 8.22. The van der Waals surface area contributed by atoms with Gasteiger partial charge in [-0.3, -0.25) is 0 Å². The summed E-state index contributed by atoms with van der Waals surface area (Å²) in [7, 11) is 4.04. The predicted molar refractivity (Wildman–Crippen MR) is 124 cm³/mol. The lowest BCUT2D eigenvalue weighted by Crippen LogP contribution is -2.19. The van der Waals surface area contributed by atoms with Crippen LogP contribution in [-0.2, 0) is 6.61 Å². The molecule has 0 aliphatic heterocycles. The molecule has 0 aliphatic carbocycles. The lowest BCUT2D eigenvalue weighted by Gasteiger charge is -2.15. The first kappa shape index (κ1) is 21.6. The van der Waals surface area contributed by atoms with Crippen LogP contribution >= 0.6 is 0 Å². The molecule has 8 nitrogen and oxygen atoms in total. The highest BCUT2D eigenvalue weighted by atomic mass is 16.5. The van der Waals surface area contributed by atoms with Crippen molar-refractivity contribution in [2.24, 2.45) is 0 Å². The largest absolute Gasteiger partial charge is 0.491 e. The molecule has 32 heavy (non-hydrogen) atoms. The molecule has 0 fully saturated rings. The summed E-state index contributed by atoms with van der Waals surface area (Å²) >= 11 is 0. The van der Waals surface area contributed by atoms with E-state index in [0.717, 1.165) is 51.7 Å². The number of anilines is 2. The van der Waals surface area contributed by atoms with Gasteiger partial charge in [-0.1, -0.05) is 11.2 Å². The number of hydrogen-bond acceptors (Lipinski definition) is 8. The summed E-state index contributed by atoms with van der Waals surface area (Å²) in [6.07, 6.45) is 1.55. The van der Waals surface area contributed by atoms with Crippen LogP contribution in [0.1, 0.15) is 17.0 Å². The molecule has 4 rings (SSSR count). The third-order valence-electron chi connectivity index (χ3n) is 4.91. The maximum Gasteiger partial charge on any atom is 0.145 e. The van der Waals surface area contributed by atoms with Gasteiger partial charge < -0.3 is 24.2 Å². The van der Waals surface area contributed by atoms with E-state index in [-0.39, 0.29) is 0 Å². The zero-order valence-corrected chi connectivity index (χ0v) is 18.8. The Morgan fingerprint density at radius 2 is 1.88 bits per heavy atom. The van der Waals surface area contributed by atoms with Gasteiger partial charge in [-0.05, 0) is 63.8 Å². The zero-order chi connectivity index (χ0) is 22.5. The average molecular weight is 434 g/mol. The summed E-state index contributed by atoms with van der Waals surface area (Å²) in [5.41, 5.74) is 3.48. The second kappa shape index (κ2) is 9.65. The summed E-state index contributed by atoms with van der Waals surface area (Å²) in [4.78, 5) is 11.0. The van der Waals surface area contributed by atoms with E-state index in [0.29, 0.717) is 19.0 Å². The fourth-order valence-corrected chi connectivity index (χ4v) is 3.30. The van der Waals surface area contributed by atoms with Gasteiger partial charge in [0, 0.05) is 18.3 Å². The van der Waals surface area contributed by atoms with Crippen molar-refractivity contribution in [1.82, 2.24) is 20.0 Å². The van der Waals surface area contributed by atoms with Crippen LogP contribution in [0.5, 0.6) is 11.5 Å². The van der Waals surface area contributed by atoms with Gasteiger partial charge in [-0.15, -0.1) is 0 Å². The molecule has 0 spiro atoms. The maximum atomic E-state index is 6.03. The van der Waals surface area contributed by atoms with E-state index in [1.54, 1.807) is 6.33 Å². The van der Waals surface area contributed by atoms with Crippen LogP contribution in [0.2, 0.25) is 0 Å². The Hall–Kier alpha value is -3.65. The summed E-state index contributed by atoms with van der Waals surface area (Å²) in [6, 6.07) is 13.6. The van der Waals surface area contributed by atoms with Crippen molar-refractivity contribution in [1.29, 1.82) is 0 Å². The number of likely N-dealkylation sites (N-methyl/N-ethyl adjacent to an activating group) is 1. The van der Waals surface area contributed by atoms with Gasteiger partial charge in [0.1, 0.15) is 48.3 Å². The minimum atomic E-state index is 0.356. The van der Waals surface area contributed by atoms with Gasteiger partial charge in [-0.2, -0.15) is 0 Å². The lowest BCUT2D eigenvalue weighted by molar-refractivity contribution is 0.263. The first-order chi connectivity index (χ1) is 15.5. The van der Waals surface area contributed by atoms with Crippen molar-refractivity contribution < 1.29 is 14.0 Å². The third-order valence-corrected chi connectivity index (χ3v) is 4.91. The Labute approximate surface area is 187 Å². The van der Waals surface area contributed by atoms with E-state index in [9.17, 15) is 0 Å². The smallest absolute Gasteiger partial charge is 0.145 e. The van der Waals surface area contributed by atoms with E-state index in [4.69, 9.17) is 14.0 Å². The molecular weight excluding hydrogens is 406 g/mol. The molecule has 166 valence electrons. The molecule has 0 amide bonds.